The second-order valence-electron chi connectivity index (χ2n) is 5.99. The van der Waals surface area contributed by atoms with Gasteiger partial charge < -0.3 is 4.84 Å². The summed E-state index contributed by atoms with van der Waals surface area (Å²) in [6, 6.07) is 0. The molecule has 4 heteroatoms. The molecule has 0 N–H and O–H groups in total. The van der Waals surface area contributed by atoms with E-state index in [1.165, 1.54) is 70.6 Å². The Balaban J connectivity index is 3.06. The highest BCUT2D eigenvalue weighted by molar-refractivity contribution is 4.81. The summed E-state index contributed by atoms with van der Waals surface area (Å²) in [5, 5.41) is 9.23. The lowest BCUT2D eigenvalue weighted by Gasteiger charge is -2.00. The molecule has 0 aliphatic heterocycles. The van der Waals surface area contributed by atoms with Gasteiger partial charge in [-0.3, -0.25) is 0 Å². The summed E-state index contributed by atoms with van der Waals surface area (Å²) in [6.45, 7) is 2.50. The predicted molar refractivity (Wildman–Crippen MR) is 92.4 cm³/mol. The summed E-state index contributed by atoms with van der Waals surface area (Å²) >= 11 is 0. The van der Waals surface area contributed by atoms with Gasteiger partial charge in [-0.2, -0.15) is 0 Å². The molecule has 0 saturated heterocycles. The zero-order valence-corrected chi connectivity index (χ0v) is 14.4. The van der Waals surface area contributed by atoms with Crippen molar-refractivity contribution >= 4 is 0 Å². The van der Waals surface area contributed by atoms with E-state index in [1.807, 2.05) is 0 Å². The largest absolute Gasteiger partial charge is 0.314 e. The molecule has 0 spiro atoms. The fourth-order valence-corrected chi connectivity index (χ4v) is 2.49. The third kappa shape index (κ3) is 18.9. The molecule has 0 unspecified atom stereocenters. The Morgan fingerprint density at radius 2 is 1.23 bits per heavy atom. The van der Waals surface area contributed by atoms with E-state index in [1.54, 1.807) is 0 Å². The van der Waals surface area contributed by atoms with E-state index in [4.69, 9.17) is 0 Å². The molecule has 0 radical (unpaired) electrons. The molecule has 0 atom stereocenters. The maximum atomic E-state index is 9.94. The van der Waals surface area contributed by atoms with Gasteiger partial charge in [0.15, 0.2) is 0 Å². The van der Waals surface area contributed by atoms with E-state index in [9.17, 15) is 10.1 Å². The molecule has 0 rings (SSSR count). The molecular formula is C18H35NO3. The van der Waals surface area contributed by atoms with Crippen LogP contribution < -0.4 is 0 Å². The highest BCUT2D eigenvalue weighted by Crippen LogP contribution is 2.09. The Bertz CT molecular complexity index is 267. The van der Waals surface area contributed by atoms with Crippen LogP contribution in [0.3, 0.4) is 0 Å². The van der Waals surface area contributed by atoms with Gasteiger partial charge in [-0.15, -0.1) is 10.1 Å². The molecule has 0 heterocycles. The van der Waals surface area contributed by atoms with E-state index in [-0.39, 0.29) is 6.61 Å². The van der Waals surface area contributed by atoms with Gasteiger partial charge in [0.05, 0.1) is 6.61 Å². The number of hydrogen-bond acceptors (Lipinski definition) is 3. The van der Waals surface area contributed by atoms with Gasteiger partial charge in [0.25, 0.3) is 5.09 Å². The first kappa shape index (κ1) is 20.9. The minimum atomic E-state index is -0.711. The summed E-state index contributed by atoms with van der Waals surface area (Å²) in [6.07, 6.45) is 22.1. The van der Waals surface area contributed by atoms with Crippen molar-refractivity contribution in [3.05, 3.63) is 22.3 Å². The van der Waals surface area contributed by atoms with Crippen LogP contribution >= 0.6 is 0 Å². The lowest BCUT2D eigenvalue weighted by atomic mass is 10.1. The fourth-order valence-electron chi connectivity index (χ4n) is 2.49. The Hall–Kier alpha value is -1.06. The first-order chi connectivity index (χ1) is 10.8. The SMILES string of the molecule is CCCCCCCC/C=C\CCCCCCCCO[N+](=O)[O-]. The normalized spacial score (nSPS) is 11.1. The van der Waals surface area contributed by atoms with Crippen molar-refractivity contribution in [3.63, 3.8) is 0 Å². The zero-order chi connectivity index (χ0) is 16.3. The van der Waals surface area contributed by atoms with E-state index < -0.39 is 5.09 Å². The zero-order valence-electron chi connectivity index (χ0n) is 14.4. The number of rotatable bonds is 17. The van der Waals surface area contributed by atoms with Crippen LogP contribution in [0.5, 0.6) is 0 Å². The summed E-state index contributed by atoms with van der Waals surface area (Å²) in [7, 11) is 0. The number of nitrogens with zero attached hydrogens (tertiary/aromatic N) is 1. The van der Waals surface area contributed by atoms with E-state index in [0.29, 0.717) is 0 Å². The van der Waals surface area contributed by atoms with Gasteiger partial charge in [-0.1, -0.05) is 76.9 Å². The van der Waals surface area contributed by atoms with Crippen LogP contribution in [-0.4, -0.2) is 11.7 Å². The molecule has 22 heavy (non-hydrogen) atoms. The highest BCUT2D eigenvalue weighted by atomic mass is 16.9. The van der Waals surface area contributed by atoms with Gasteiger partial charge in [0.1, 0.15) is 0 Å². The van der Waals surface area contributed by atoms with E-state index in [2.05, 4.69) is 23.9 Å². The second-order valence-corrected chi connectivity index (χ2v) is 5.99. The van der Waals surface area contributed by atoms with Crippen LogP contribution in [0, 0.1) is 10.1 Å². The van der Waals surface area contributed by atoms with Gasteiger partial charge >= 0.3 is 0 Å². The van der Waals surface area contributed by atoms with Crippen molar-refractivity contribution in [3.8, 4) is 0 Å². The van der Waals surface area contributed by atoms with Crippen molar-refractivity contribution in [2.24, 2.45) is 0 Å². The van der Waals surface area contributed by atoms with E-state index >= 15 is 0 Å². The maximum absolute atomic E-state index is 9.94. The van der Waals surface area contributed by atoms with Gasteiger partial charge in [0.2, 0.25) is 0 Å². The molecule has 0 aromatic heterocycles. The predicted octanol–water partition coefficient (Wildman–Crippen LogP) is 6.23. The van der Waals surface area contributed by atoms with Gasteiger partial charge in [0, 0.05) is 0 Å². The molecule has 0 aromatic carbocycles. The number of allylic oxidation sites excluding steroid dienone is 2. The average Bonchev–Trinajstić information content (AvgIpc) is 2.50. The van der Waals surface area contributed by atoms with Crippen molar-refractivity contribution in [2.45, 2.75) is 96.8 Å². The number of unbranched alkanes of at least 4 members (excludes halogenated alkanes) is 12. The average molecular weight is 313 g/mol. The minimum Gasteiger partial charge on any atom is -0.314 e. The van der Waals surface area contributed by atoms with E-state index in [0.717, 1.165) is 19.3 Å². The summed E-state index contributed by atoms with van der Waals surface area (Å²) in [5.41, 5.74) is 0. The third-order valence-corrected chi connectivity index (χ3v) is 3.85. The first-order valence-corrected chi connectivity index (χ1v) is 9.19. The van der Waals surface area contributed by atoms with Crippen LogP contribution in [0.1, 0.15) is 96.8 Å². The molecule has 130 valence electrons. The fraction of sp³-hybridized carbons (Fsp3) is 0.889. The van der Waals surface area contributed by atoms with Crippen LogP contribution in [0.15, 0.2) is 12.2 Å². The number of hydrogen-bond donors (Lipinski definition) is 0. The smallest absolute Gasteiger partial charge is 0.294 e. The van der Waals surface area contributed by atoms with Crippen LogP contribution in [-0.2, 0) is 4.84 Å². The van der Waals surface area contributed by atoms with Crippen LogP contribution in [0.2, 0.25) is 0 Å². The highest BCUT2D eigenvalue weighted by Gasteiger charge is 1.95. The van der Waals surface area contributed by atoms with Crippen molar-refractivity contribution in [1.82, 2.24) is 0 Å². The minimum absolute atomic E-state index is 0.244. The molecule has 0 aromatic rings. The Morgan fingerprint density at radius 1 is 0.773 bits per heavy atom. The standard InChI is InChI=1S/C18H35NO3/c1-2-3-4-5-6-7-8-9-10-11-12-13-14-15-16-17-18-22-19(20)21/h9-10H,2-8,11-18H2,1H3/b10-9-. The molecular weight excluding hydrogens is 278 g/mol. The van der Waals surface area contributed by atoms with Crippen molar-refractivity contribution in [2.75, 3.05) is 6.61 Å². The lowest BCUT2D eigenvalue weighted by molar-refractivity contribution is -0.757. The van der Waals surface area contributed by atoms with Gasteiger partial charge in [-0.05, 0) is 32.1 Å². The molecule has 0 aliphatic rings. The van der Waals surface area contributed by atoms with Crippen LogP contribution in [0.25, 0.3) is 0 Å². The summed E-state index contributed by atoms with van der Waals surface area (Å²) in [4.78, 5) is 14.2. The van der Waals surface area contributed by atoms with Crippen molar-refractivity contribution in [1.29, 1.82) is 0 Å². The summed E-state index contributed by atoms with van der Waals surface area (Å²) in [5.74, 6) is 0. The van der Waals surface area contributed by atoms with Gasteiger partial charge in [-0.25, -0.2) is 0 Å². The van der Waals surface area contributed by atoms with Crippen molar-refractivity contribution < 1.29 is 9.92 Å². The topological polar surface area (TPSA) is 52.4 Å². The Morgan fingerprint density at radius 3 is 1.73 bits per heavy atom. The lowest BCUT2D eigenvalue weighted by Crippen LogP contribution is -2.01. The first-order valence-electron chi connectivity index (χ1n) is 9.19. The quantitative estimate of drug-likeness (QED) is 0.138. The Labute approximate surface area is 136 Å². The third-order valence-electron chi connectivity index (χ3n) is 3.85. The summed E-state index contributed by atoms with van der Waals surface area (Å²) < 4.78 is 0. The molecule has 0 aliphatic carbocycles. The second kappa shape index (κ2) is 18.0. The molecule has 0 saturated carbocycles. The molecule has 0 fully saturated rings. The molecule has 0 bridgehead atoms. The molecule has 4 nitrogen and oxygen atoms in total. The monoisotopic (exact) mass is 313 g/mol. The molecule has 0 amide bonds. The Kier molecular flexibility index (Phi) is 17.1. The maximum Gasteiger partial charge on any atom is 0.294 e. The van der Waals surface area contributed by atoms with Crippen LogP contribution in [0.4, 0.5) is 0 Å².